The van der Waals surface area contributed by atoms with Crippen molar-refractivity contribution in [2.75, 3.05) is 0 Å². The summed E-state index contributed by atoms with van der Waals surface area (Å²) >= 11 is 0. The predicted molar refractivity (Wildman–Crippen MR) is 90.3 cm³/mol. The van der Waals surface area contributed by atoms with E-state index in [1.165, 1.54) is 57.1 Å². The summed E-state index contributed by atoms with van der Waals surface area (Å²) in [5.41, 5.74) is 1.32. The molecule has 0 aliphatic carbocycles. The minimum Gasteiger partial charge on any atom is -0.249 e. The Morgan fingerprint density at radius 3 is 2.38 bits per heavy atom. The number of unbranched alkanes of at least 4 members (excludes halogenated alkanes) is 2. The van der Waals surface area contributed by atoms with Crippen LogP contribution in [0.15, 0.2) is 6.20 Å². The lowest BCUT2D eigenvalue weighted by molar-refractivity contribution is 0.415. The van der Waals surface area contributed by atoms with E-state index in [-0.39, 0.29) is 0 Å². The second kappa shape index (κ2) is 10.8. The van der Waals surface area contributed by atoms with E-state index >= 15 is 0 Å². The molecule has 0 fully saturated rings. The molecule has 122 valence electrons. The molecular formula is C18H35N3. The van der Waals surface area contributed by atoms with Crippen LogP contribution < -0.4 is 0 Å². The Morgan fingerprint density at radius 1 is 1.00 bits per heavy atom. The lowest BCUT2D eigenvalue weighted by Gasteiger charge is -2.12. The molecule has 0 spiro atoms. The molecule has 0 aliphatic heterocycles. The first kappa shape index (κ1) is 18.2. The third-order valence-electron chi connectivity index (χ3n) is 4.55. The maximum atomic E-state index is 4.25. The molecule has 0 aromatic carbocycles. The highest BCUT2D eigenvalue weighted by Gasteiger charge is 2.06. The molecule has 0 N–H and O–H groups in total. The van der Waals surface area contributed by atoms with Gasteiger partial charge in [-0.2, -0.15) is 0 Å². The van der Waals surface area contributed by atoms with Gasteiger partial charge < -0.3 is 0 Å². The zero-order valence-electron chi connectivity index (χ0n) is 14.6. The number of hydrogen-bond acceptors (Lipinski definition) is 2. The van der Waals surface area contributed by atoms with Crippen molar-refractivity contribution in [1.82, 2.24) is 15.0 Å². The molecular weight excluding hydrogens is 258 g/mol. The van der Waals surface area contributed by atoms with Crippen LogP contribution in [0.25, 0.3) is 0 Å². The molecule has 3 nitrogen and oxygen atoms in total. The Bertz CT molecular complexity index is 353. The molecule has 0 saturated heterocycles. The van der Waals surface area contributed by atoms with Crippen LogP contribution in [-0.2, 0) is 13.0 Å². The molecule has 1 heterocycles. The summed E-state index contributed by atoms with van der Waals surface area (Å²) in [6.07, 6.45) is 13.6. The average molecular weight is 293 g/mol. The summed E-state index contributed by atoms with van der Waals surface area (Å²) in [6.45, 7) is 10.2. The molecule has 0 radical (unpaired) electrons. The minimum absolute atomic E-state index is 0.818. The van der Waals surface area contributed by atoms with E-state index in [0.717, 1.165) is 24.8 Å². The number of hydrogen-bond donors (Lipinski definition) is 0. The molecule has 0 saturated carbocycles. The van der Waals surface area contributed by atoms with Crippen molar-refractivity contribution < 1.29 is 0 Å². The fourth-order valence-electron chi connectivity index (χ4n) is 2.91. The number of rotatable bonds is 12. The topological polar surface area (TPSA) is 30.7 Å². The Balaban J connectivity index is 2.22. The van der Waals surface area contributed by atoms with Gasteiger partial charge in [-0.05, 0) is 31.1 Å². The van der Waals surface area contributed by atoms with Gasteiger partial charge in [0.15, 0.2) is 0 Å². The van der Waals surface area contributed by atoms with E-state index in [0.29, 0.717) is 0 Å². The van der Waals surface area contributed by atoms with Crippen LogP contribution in [0.5, 0.6) is 0 Å². The molecule has 3 heteroatoms. The lowest BCUT2D eigenvalue weighted by Crippen LogP contribution is -2.06. The van der Waals surface area contributed by atoms with Crippen LogP contribution in [0.2, 0.25) is 0 Å². The first-order chi connectivity index (χ1) is 10.2. The number of aryl methyl sites for hydroxylation is 2. The molecule has 21 heavy (non-hydrogen) atoms. The Hall–Kier alpha value is -0.860. The first-order valence-corrected chi connectivity index (χ1v) is 9.04. The van der Waals surface area contributed by atoms with E-state index in [1.807, 2.05) is 6.20 Å². The largest absolute Gasteiger partial charge is 0.249 e. The minimum atomic E-state index is 0.818. The van der Waals surface area contributed by atoms with Gasteiger partial charge in [0.05, 0.1) is 11.9 Å². The molecule has 1 aromatic rings. The average Bonchev–Trinajstić information content (AvgIpc) is 2.91. The van der Waals surface area contributed by atoms with E-state index in [4.69, 9.17) is 0 Å². The van der Waals surface area contributed by atoms with Gasteiger partial charge in [0.25, 0.3) is 0 Å². The third-order valence-corrected chi connectivity index (χ3v) is 4.55. The van der Waals surface area contributed by atoms with Crippen LogP contribution in [0.4, 0.5) is 0 Å². The molecule has 0 aliphatic rings. The monoisotopic (exact) mass is 293 g/mol. The van der Waals surface area contributed by atoms with E-state index < -0.39 is 0 Å². The van der Waals surface area contributed by atoms with Gasteiger partial charge in [0.2, 0.25) is 0 Å². The summed E-state index contributed by atoms with van der Waals surface area (Å²) in [7, 11) is 0. The fourth-order valence-corrected chi connectivity index (χ4v) is 2.91. The van der Waals surface area contributed by atoms with Crippen molar-refractivity contribution in [3.8, 4) is 0 Å². The zero-order chi connectivity index (χ0) is 15.5. The number of nitrogens with zero attached hydrogens (tertiary/aromatic N) is 3. The van der Waals surface area contributed by atoms with Gasteiger partial charge >= 0.3 is 0 Å². The van der Waals surface area contributed by atoms with Crippen molar-refractivity contribution in [2.45, 2.75) is 92.0 Å². The zero-order valence-corrected chi connectivity index (χ0v) is 14.6. The van der Waals surface area contributed by atoms with Gasteiger partial charge in [0, 0.05) is 6.54 Å². The van der Waals surface area contributed by atoms with Gasteiger partial charge in [-0.3, -0.25) is 0 Å². The summed E-state index contributed by atoms with van der Waals surface area (Å²) in [5, 5.41) is 8.35. The summed E-state index contributed by atoms with van der Waals surface area (Å²) < 4.78 is 2.13. The molecule has 0 unspecified atom stereocenters. The Kier molecular flexibility index (Phi) is 9.36. The van der Waals surface area contributed by atoms with Crippen molar-refractivity contribution in [2.24, 2.45) is 11.8 Å². The molecule has 0 amide bonds. The highest BCUT2D eigenvalue weighted by atomic mass is 15.4. The second-order valence-electron chi connectivity index (χ2n) is 6.77. The smallest absolute Gasteiger partial charge is 0.0725 e. The standard InChI is InChI=1S/C18H35N3/c1-5-17(6-2)12-9-10-14-21-18(15-19-20-21)13-8-7-11-16(3)4/h15-17H,5-14H2,1-4H3. The van der Waals surface area contributed by atoms with Crippen molar-refractivity contribution in [1.29, 1.82) is 0 Å². The molecule has 1 aromatic heterocycles. The van der Waals surface area contributed by atoms with Crippen molar-refractivity contribution in [3.63, 3.8) is 0 Å². The van der Waals surface area contributed by atoms with Crippen molar-refractivity contribution in [3.05, 3.63) is 11.9 Å². The third kappa shape index (κ3) is 7.63. The molecule has 1 rings (SSSR count). The van der Waals surface area contributed by atoms with Gasteiger partial charge in [0.1, 0.15) is 0 Å². The SMILES string of the molecule is CCC(CC)CCCCn1nncc1CCCCC(C)C. The predicted octanol–water partition coefficient (Wildman–Crippen LogP) is 5.25. The van der Waals surface area contributed by atoms with E-state index in [1.54, 1.807) is 0 Å². The maximum absolute atomic E-state index is 4.25. The summed E-state index contributed by atoms with van der Waals surface area (Å²) in [5.74, 6) is 1.73. The van der Waals surface area contributed by atoms with Crippen LogP contribution in [0.3, 0.4) is 0 Å². The normalized spacial score (nSPS) is 11.7. The Morgan fingerprint density at radius 2 is 1.71 bits per heavy atom. The Labute approximate surface area is 131 Å². The highest BCUT2D eigenvalue weighted by molar-refractivity contribution is 4.93. The molecule has 0 atom stereocenters. The van der Waals surface area contributed by atoms with Gasteiger partial charge in [-0.15, -0.1) is 5.10 Å². The van der Waals surface area contributed by atoms with Crippen LogP contribution in [0.1, 0.15) is 84.8 Å². The van der Waals surface area contributed by atoms with E-state index in [9.17, 15) is 0 Å². The first-order valence-electron chi connectivity index (χ1n) is 9.04. The quantitative estimate of drug-likeness (QED) is 0.492. The van der Waals surface area contributed by atoms with Gasteiger partial charge in [-0.25, -0.2) is 4.68 Å². The van der Waals surface area contributed by atoms with Crippen molar-refractivity contribution >= 4 is 0 Å². The fraction of sp³-hybridized carbons (Fsp3) is 0.889. The summed E-state index contributed by atoms with van der Waals surface area (Å²) in [4.78, 5) is 0. The van der Waals surface area contributed by atoms with Crippen LogP contribution in [-0.4, -0.2) is 15.0 Å². The van der Waals surface area contributed by atoms with Crippen LogP contribution in [0, 0.1) is 11.8 Å². The summed E-state index contributed by atoms with van der Waals surface area (Å²) in [6, 6.07) is 0. The van der Waals surface area contributed by atoms with E-state index in [2.05, 4.69) is 42.7 Å². The van der Waals surface area contributed by atoms with Gasteiger partial charge in [-0.1, -0.05) is 71.4 Å². The number of aromatic nitrogens is 3. The maximum Gasteiger partial charge on any atom is 0.0725 e. The highest BCUT2D eigenvalue weighted by Crippen LogP contribution is 2.16. The molecule has 0 bridgehead atoms. The van der Waals surface area contributed by atoms with Crippen LogP contribution >= 0.6 is 0 Å². The second-order valence-corrected chi connectivity index (χ2v) is 6.77. The lowest BCUT2D eigenvalue weighted by atomic mass is 9.97.